The molecule has 3 heterocycles. The number of fused-ring (bicyclic) bond motifs is 3. The van der Waals surface area contributed by atoms with Gasteiger partial charge in [0, 0.05) is 38.0 Å². The SMILES string of the molecule is CC(C)NCCOc1ccc2c(c1)CN(C(=O)O[C@@H]1C[C@H]3C(=O)N[C@]4(C(=O)O)C[C@H]4/C=C/CCCCC[C@H](NC(=O)OC(C)(C)C)C(=O)N3C1)C2. The van der Waals surface area contributed by atoms with Gasteiger partial charge in [-0.15, -0.1) is 0 Å². The Labute approximate surface area is 299 Å². The molecule has 4 amide bonds. The van der Waals surface area contributed by atoms with Crippen LogP contribution in [0, 0.1) is 5.92 Å². The van der Waals surface area contributed by atoms with Gasteiger partial charge in [-0.1, -0.05) is 44.9 Å². The van der Waals surface area contributed by atoms with Gasteiger partial charge in [0.05, 0.1) is 6.54 Å². The zero-order chi connectivity index (χ0) is 36.9. The Hall–Kier alpha value is -4.33. The molecule has 280 valence electrons. The lowest BCUT2D eigenvalue weighted by molar-refractivity contribution is -0.145. The molecule has 4 N–H and O–H groups in total. The van der Waals surface area contributed by atoms with Crippen molar-refractivity contribution < 1.29 is 43.3 Å². The molecule has 5 atom stereocenters. The Bertz CT molecular complexity index is 1510. The molecule has 0 spiro atoms. The number of carbonyl (C=O) groups is 5. The van der Waals surface area contributed by atoms with E-state index in [1.54, 1.807) is 25.7 Å². The van der Waals surface area contributed by atoms with E-state index in [-0.39, 0.29) is 25.3 Å². The van der Waals surface area contributed by atoms with Crippen molar-refractivity contribution in [2.75, 3.05) is 19.7 Å². The third-order valence-electron chi connectivity index (χ3n) is 9.66. The normalized spacial score (nSPS) is 27.3. The molecule has 0 aromatic heterocycles. The molecule has 0 radical (unpaired) electrons. The van der Waals surface area contributed by atoms with Crippen LogP contribution in [0.5, 0.6) is 5.75 Å². The number of amides is 4. The van der Waals surface area contributed by atoms with Crippen LogP contribution in [0.25, 0.3) is 0 Å². The van der Waals surface area contributed by atoms with Gasteiger partial charge < -0.3 is 40.2 Å². The van der Waals surface area contributed by atoms with Gasteiger partial charge in [0.15, 0.2) is 0 Å². The molecule has 0 unspecified atom stereocenters. The number of rotatable bonds is 8. The molecular weight excluding hydrogens is 658 g/mol. The van der Waals surface area contributed by atoms with Gasteiger partial charge in [0.2, 0.25) is 11.8 Å². The summed E-state index contributed by atoms with van der Waals surface area (Å²) in [6.07, 6.45) is 5.07. The topological polar surface area (TPSA) is 176 Å². The van der Waals surface area contributed by atoms with Crippen molar-refractivity contribution in [3.05, 3.63) is 41.5 Å². The second-order valence-corrected chi connectivity index (χ2v) is 15.3. The van der Waals surface area contributed by atoms with Crippen molar-refractivity contribution in [1.29, 1.82) is 0 Å². The number of carbonyl (C=O) groups excluding carboxylic acids is 4. The fourth-order valence-corrected chi connectivity index (χ4v) is 6.92. The van der Waals surface area contributed by atoms with Crippen LogP contribution in [0.2, 0.25) is 0 Å². The Balaban J connectivity index is 1.30. The molecule has 1 aliphatic carbocycles. The third kappa shape index (κ3) is 9.72. The molecular formula is C37H53N5O9. The largest absolute Gasteiger partial charge is 0.492 e. The number of hydrogen-bond donors (Lipinski definition) is 4. The summed E-state index contributed by atoms with van der Waals surface area (Å²) in [4.78, 5) is 69.6. The number of benzene rings is 1. The van der Waals surface area contributed by atoms with Crippen molar-refractivity contribution in [2.45, 2.75) is 128 Å². The average molecular weight is 712 g/mol. The molecule has 5 rings (SSSR count). The number of carboxylic acid groups (broad SMARTS) is 1. The van der Waals surface area contributed by atoms with Crippen LogP contribution >= 0.6 is 0 Å². The van der Waals surface area contributed by atoms with E-state index >= 15 is 0 Å². The number of carboxylic acids is 1. The molecule has 14 heteroatoms. The lowest BCUT2D eigenvalue weighted by Gasteiger charge is -2.30. The maximum absolute atomic E-state index is 14.2. The molecule has 1 saturated carbocycles. The number of hydrogen-bond acceptors (Lipinski definition) is 9. The summed E-state index contributed by atoms with van der Waals surface area (Å²) in [5.74, 6) is -1.97. The van der Waals surface area contributed by atoms with Crippen molar-refractivity contribution in [2.24, 2.45) is 5.92 Å². The van der Waals surface area contributed by atoms with E-state index < -0.39 is 59.3 Å². The summed E-state index contributed by atoms with van der Waals surface area (Å²) in [6.45, 7) is 11.1. The Morgan fingerprint density at radius 3 is 2.59 bits per heavy atom. The Morgan fingerprint density at radius 2 is 1.86 bits per heavy atom. The Kier molecular flexibility index (Phi) is 11.8. The summed E-state index contributed by atoms with van der Waals surface area (Å²) in [5, 5.41) is 18.8. The summed E-state index contributed by atoms with van der Waals surface area (Å²) >= 11 is 0. The molecule has 2 fully saturated rings. The lowest BCUT2D eigenvalue weighted by Crippen LogP contribution is -2.56. The summed E-state index contributed by atoms with van der Waals surface area (Å²) in [6, 6.07) is 3.96. The van der Waals surface area contributed by atoms with Crippen LogP contribution in [-0.4, -0.2) is 99.9 Å². The second kappa shape index (κ2) is 15.9. The van der Waals surface area contributed by atoms with Gasteiger partial charge in [0.25, 0.3) is 0 Å². The first-order valence-electron chi connectivity index (χ1n) is 18.1. The fourth-order valence-electron chi connectivity index (χ4n) is 6.92. The maximum Gasteiger partial charge on any atom is 0.410 e. The highest BCUT2D eigenvalue weighted by molar-refractivity contribution is 5.96. The molecule has 1 aromatic carbocycles. The standard InChI is InChI=1S/C37H53N5O9/c1-23(2)38-15-16-49-27-14-13-24-20-41(21-25(24)17-27)35(48)50-28-18-30-31(43)40-37(33(45)46)19-26(37)11-9-7-6-8-10-12-29(32(44)42(30)22-28)39-34(47)51-36(3,4)5/h9,11,13-14,17,23,26,28-30,38H,6-8,10,12,15-16,18-22H2,1-5H3,(H,39,47)(H,40,43)(H,45,46)/b11-9+/t26-,28-,29+,30+,37-/m1/s1. The third-order valence-corrected chi connectivity index (χ3v) is 9.66. The minimum absolute atomic E-state index is 0.0259. The van der Waals surface area contributed by atoms with Gasteiger partial charge in [-0.25, -0.2) is 14.4 Å². The molecule has 1 aromatic rings. The van der Waals surface area contributed by atoms with Crippen LogP contribution in [0.4, 0.5) is 9.59 Å². The first-order valence-corrected chi connectivity index (χ1v) is 18.1. The number of allylic oxidation sites excluding steroid dienone is 1. The van der Waals surface area contributed by atoms with E-state index in [1.807, 2.05) is 30.4 Å². The van der Waals surface area contributed by atoms with Crippen LogP contribution in [0.15, 0.2) is 30.4 Å². The van der Waals surface area contributed by atoms with E-state index in [9.17, 15) is 29.1 Å². The smallest absolute Gasteiger partial charge is 0.410 e. The van der Waals surface area contributed by atoms with E-state index in [4.69, 9.17) is 14.2 Å². The molecule has 51 heavy (non-hydrogen) atoms. The van der Waals surface area contributed by atoms with E-state index in [2.05, 4.69) is 29.8 Å². The van der Waals surface area contributed by atoms with Gasteiger partial charge in [-0.2, -0.15) is 0 Å². The summed E-state index contributed by atoms with van der Waals surface area (Å²) < 4.78 is 17.2. The van der Waals surface area contributed by atoms with Gasteiger partial charge in [-0.05, 0) is 69.7 Å². The minimum atomic E-state index is -1.47. The van der Waals surface area contributed by atoms with Gasteiger partial charge in [0.1, 0.15) is 41.7 Å². The highest BCUT2D eigenvalue weighted by Crippen LogP contribution is 2.45. The first-order chi connectivity index (χ1) is 24.1. The summed E-state index contributed by atoms with van der Waals surface area (Å²) in [7, 11) is 0. The monoisotopic (exact) mass is 711 g/mol. The van der Waals surface area contributed by atoms with Crippen molar-refractivity contribution in [3.63, 3.8) is 0 Å². The second-order valence-electron chi connectivity index (χ2n) is 15.3. The van der Waals surface area contributed by atoms with Crippen LogP contribution in [0.3, 0.4) is 0 Å². The Morgan fingerprint density at radius 1 is 1.10 bits per heavy atom. The molecule has 4 aliphatic rings. The van der Waals surface area contributed by atoms with Crippen molar-refractivity contribution in [1.82, 2.24) is 25.8 Å². The lowest BCUT2D eigenvalue weighted by atomic mass is 10.0. The van der Waals surface area contributed by atoms with Gasteiger partial charge >= 0.3 is 18.2 Å². The summed E-state index contributed by atoms with van der Waals surface area (Å²) in [5.41, 5.74) is -0.357. The van der Waals surface area contributed by atoms with Gasteiger partial charge in [-0.3, -0.25) is 14.5 Å². The van der Waals surface area contributed by atoms with Crippen LogP contribution in [0.1, 0.15) is 90.7 Å². The zero-order valence-electron chi connectivity index (χ0n) is 30.4. The quantitative estimate of drug-likeness (QED) is 0.229. The van der Waals surface area contributed by atoms with Crippen LogP contribution < -0.4 is 20.7 Å². The highest BCUT2D eigenvalue weighted by Gasteiger charge is 2.61. The predicted octanol–water partition coefficient (Wildman–Crippen LogP) is 3.86. The van der Waals surface area contributed by atoms with Crippen LogP contribution in [-0.2, 0) is 36.9 Å². The number of nitrogens with zero attached hydrogens (tertiary/aromatic N) is 2. The molecule has 0 bridgehead atoms. The minimum Gasteiger partial charge on any atom is -0.492 e. The number of nitrogens with one attached hydrogen (secondary N) is 3. The predicted molar refractivity (Wildman–Crippen MR) is 187 cm³/mol. The van der Waals surface area contributed by atoms with E-state index in [0.29, 0.717) is 50.9 Å². The van der Waals surface area contributed by atoms with Crippen molar-refractivity contribution in [3.8, 4) is 5.75 Å². The molecule has 3 aliphatic heterocycles. The van der Waals surface area contributed by atoms with E-state index in [0.717, 1.165) is 30.4 Å². The first kappa shape index (κ1) is 37.9. The number of ether oxygens (including phenoxy) is 3. The number of aliphatic carboxylic acids is 1. The van der Waals surface area contributed by atoms with Crippen molar-refractivity contribution >= 4 is 30.0 Å². The number of alkyl carbamates (subject to hydrolysis) is 1. The van der Waals surface area contributed by atoms with E-state index in [1.165, 1.54) is 4.90 Å². The molecule has 14 nitrogen and oxygen atoms in total. The average Bonchev–Trinajstić information content (AvgIpc) is 3.35. The molecule has 1 saturated heterocycles. The zero-order valence-corrected chi connectivity index (χ0v) is 30.4. The fraction of sp³-hybridized carbons (Fsp3) is 0.649. The highest BCUT2D eigenvalue weighted by atomic mass is 16.6. The maximum atomic E-state index is 14.2.